The van der Waals surface area contributed by atoms with E-state index < -0.39 is 45.2 Å². The van der Waals surface area contributed by atoms with E-state index >= 15 is 17.6 Å². The van der Waals surface area contributed by atoms with Gasteiger partial charge in [-0.05, 0) is 61.6 Å². The Morgan fingerprint density at radius 1 is 0.514 bits per heavy atom. The number of hydrogen-bond donors (Lipinski definition) is 0. The van der Waals surface area contributed by atoms with Gasteiger partial charge in [-0.2, -0.15) is 0 Å². The summed E-state index contributed by atoms with van der Waals surface area (Å²) in [6.45, 7) is 8.19. The summed E-state index contributed by atoms with van der Waals surface area (Å²) in [5.41, 5.74) is -2.51. The molecule has 190 valence electrons. The Morgan fingerprint density at radius 2 is 0.892 bits per heavy atom. The van der Waals surface area contributed by atoms with E-state index in [1.807, 2.05) is 48.5 Å². The molecule has 0 spiro atoms. The van der Waals surface area contributed by atoms with Gasteiger partial charge in [0.25, 0.3) is 0 Å². The van der Waals surface area contributed by atoms with E-state index in [-0.39, 0.29) is 6.42 Å². The van der Waals surface area contributed by atoms with Crippen molar-refractivity contribution in [3.63, 3.8) is 0 Å². The zero-order valence-corrected chi connectivity index (χ0v) is 21.8. The Balaban J connectivity index is 1.75. The van der Waals surface area contributed by atoms with E-state index in [0.29, 0.717) is 6.42 Å². The fourth-order valence-corrected chi connectivity index (χ4v) is 5.74. The molecular weight excluding hydrogens is 472 g/mol. The number of hydrogen-bond acceptors (Lipinski definition) is 0. The summed E-state index contributed by atoms with van der Waals surface area (Å²) >= 11 is 0. The van der Waals surface area contributed by atoms with Gasteiger partial charge in [0.1, 0.15) is 0 Å². The SMILES string of the molecule is CCC(C)(C)c1c(F)c(F)c(C(C)(C)Cc2cccc3c4ccccc4c4ccccc4c23)c(F)c1F. The standard InChI is InChI=1S/C33H30F4/c1-6-32(2,3)26-28(34)30(36)27(31(37)29(26)35)33(4,5)18-19-12-11-17-24-22-14-8-7-13-20(22)21-15-9-10-16-23(21)25(19)24/h7-17H,6,18H2,1-5H3. The molecule has 0 N–H and O–H groups in total. The van der Waals surface area contributed by atoms with Gasteiger partial charge in [0.15, 0.2) is 23.3 Å². The zero-order valence-electron chi connectivity index (χ0n) is 21.8. The Bertz CT molecular complexity index is 1600. The van der Waals surface area contributed by atoms with E-state index in [0.717, 1.165) is 37.9 Å². The van der Waals surface area contributed by atoms with Crippen LogP contribution in [0, 0.1) is 23.3 Å². The molecule has 0 aliphatic carbocycles. The molecule has 4 heteroatoms. The summed E-state index contributed by atoms with van der Waals surface area (Å²) < 4.78 is 61.7. The summed E-state index contributed by atoms with van der Waals surface area (Å²) in [5.74, 6) is -5.22. The third kappa shape index (κ3) is 3.89. The highest BCUT2D eigenvalue weighted by Gasteiger charge is 2.38. The molecule has 0 aliphatic rings. The summed E-state index contributed by atoms with van der Waals surface area (Å²) in [5, 5.41) is 6.32. The molecule has 5 aromatic carbocycles. The molecule has 0 radical (unpaired) electrons. The average molecular weight is 503 g/mol. The summed E-state index contributed by atoms with van der Waals surface area (Å²) in [4.78, 5) is 0. The highest BCUT2D eigenvalue weighted by Crippen LogP contribution is 2.42. The number of rotatable bonds is 5. The van der Waals surface area contributed by atoms with Crippen molar-refractivity contribution in [3.05, 3.63) is 107 Å². The fraction of sp³-hybridized carbons (Fsp3) is 0.273. The maximum atomic E-state index is 15.6. The molecule has 0 amide bonds. The highest BCUT2D eigenvalue weighted by molar-refractivity contribution is 6.26. The van der Waals surface area contributed by atoms with Crippen LogP contribution in [-0.2, 0) is 17.3 Å². The topological polar surface area (TPSA) is 0 Å². The molecule has 5 rings (SSSR count). The predicted molar refractivity (Wildman–Crippen MR) is 145 cm³/mol. The van der Waals surface area contributed by atoms with E-state index in [1.54, 1.807) is 34.6 Å². The molecule has 0 heterocycles. The second-order valence-electron chi connectivity index (χ2n) is 11.2. The molecule has 0 aliphatic heterocycles. The van der Waals surface area contributed by atoms with Crippen molar-refractivity contribution < 1.29 is 17.6 Å². The normalized spacial score (nSPS) is 12.7. The molecule has 0 fully saturated rings. The fourth-order valence-electron chi connectivity index (χ4n) is 5.74. The highest BCUT2D eigenvalue weighted by atomic mass is 19.2. The minimum atomic E-state index is -1.31. The van der Waals surface area contributed by atoms with E-state index in [2.05, 4.69) is 18.2 Å². The maximum Gasteiger partial charge on any atom is 0.166 e. The first kappa shape index (κ1) is 25.3. The van der Waals surface area contributed by atoms with Crippen LogP contribution in [-0.4, -0.2) is 0 Å². The Kier molecular flexibility index (Phi) is 6.05. The van der Waals surface area contributed by atoms with E-state index in [4.69, 9.17) is 0 Å². The largest absolute Gasteiger partial charge is 0.203 e. The van der Waals surface area contributed by atoms with Gasteiger partial charge in [0.2, 0.25) is 0 Å². The quantitative estimate of drug-likeness (QED) is 0.127. The Hall–Kier alpha value is -3.40. The van der Waals surface area contributed by atoms with Gasteiger partial charge in [-0.1, -0.05) is 101 Å². The van der Waals surface area contributed by atoms with Gasteiger partial charge in [0.05, 0.1) is 0 Å². The van der Waals surface area contributed by atoms with Crippen LogP contribution in [0.2, 0.25) is 0 Å². The third-order valence-corrected chi connectivity index (χ3v) is 7.99. The maximum absolute atomic E-state index is 15.6. The molecule has 37 heavy (non-hydrogen) atoms. The van der Waals surface area contributed by atoms with Crippen molar-refractivity contribution in [2.45, 2.75) is 58.3 Å². The van der Waals surface area contributed by atoms with Crippen LogP contribution >= 0.6 is 0 Å². The number of fused-ring (bicyclic) bond motifs is 6. The smallest absolute Gasteiger partial charge is 0.166 e. The van der Waals surface area contributed by atoms with Crippen molar-refractivity contribution in [1.29, 1.82) is 0 Å². The third-order valence-electron chi connectivity index (χ3n) is 7.99. The van der Waals surface area contributed by atoms with Crippen LogP contribution in [0.25, 0.3) is 32.3 Å². The lowest BCUT2D eigenvalue weighted by atomic mass is 9.74. The van der Waals surface area contributed by atoms with Crippen molar-refractivity contribution >= 4 is 32.3 Å². The van der Waals surface area contributed by atoms with Crippen LogP contribution in [0.4, 0.5) is 17.6 Å². The average Bonchev–Trinajstić information content (AvgIpc) is 2.87. The lowest BCUT2D eigenvalue weighted by Gasteiger charge is -2.31. The molecule has 0 saturated carbocycles. The molecule has 0 atom stereocenters. The number of benzene rings is 5. The van der Waals surface area contributed by atoms with E-state index in [9.17, 15) is 0 Å². The van der Waals surface area contributed by atoms with Crippen LogP contribution in [0.3, 0.4) is 0 Å². The molecule has 0 nitrogen and oxygen atoms in total. The summed E-state index contributed by atoms with van der Waals surface area (Å²) in [6, 6.07) is 22.1. The van der Waals surface area contributed by atoms with E-state index in [1.165, 1.54) is 0 Å². The molecule has 0 bridgehead atoms. The van der Waals surface area contributed by atoms with Gasteiger partial charge in [-0.15, -0.1) is 0 Å². The first-order valence-corrected chi connectivity index (χ1v) is 12.7. The summed E-state index contributed by atoms with van der Waals surface area (Å²) in [6.07, 6.45) is 0.523. The van der Waals surface area contributed by atoms with Gasteiger partial charge >= 0.3 is 0 Å². The Labute approximate surface area is 214 Å². The van der Waals surface area contributed by atoms with Crippen LogP contribution < -0.4 is 0 Å². The predicted octanol–water partition coefficient (Wildman–Crippen LogP) is 9.91. The zero-order chi connectivity index (χ0) is 26.7. The van der Waals surface area contributed by atoms with Crippen molar-refractivity contribution in [2.24, 2.45) is 0 Å². The molecule has 0 aromatic heterocycles. The van der Waals surface area contributed by atoms with Crippen LogP contribution in [0.1, 0.15) is 57.7 Å². The molecule has 5 aromatic rings. The minimum absolute atomic E-state index is 0.190. The van der Waals surface area contributed by atoms with Gasteiger partial charge in [-0.25, -0.2) is 17.6 Å². The van der Waals surface area contributed by atoms with Crippen molar-refractivity contribution in [3.8, 4) is 0 Å². The van der Waals surface area contributed by atoms with Crippen LogP contribution in [0.15, 0.2) is 66.7 Å². The molecule has 0 saturated heterocycles. The second-order valence-corrected chi connectivity index (χ2v) is 11.2. The first-order chi connectivity index (χ1) is 17.5. The summed E-state index contributed by atoms with van der Waals surface area (Å²) in [7, 11) is 0. The molecular formula is C33H30F4. The minimum Gasteiger partial charge on any atom is -0.203 e. The van der Waals surface area contributed by atoms with Crippen molar-refractivity contribution in [1.82, 2.24) is 0 Å². The van der Waals surface area contributed by atoms with Crippen LogP contribution in [0.5, 0.6) is 0 Å². The lowest BCUT2D eigenvalue weighted by Crippen LogP contribution is -2.29. The first-order valence-electron chi connectivity index (χ1n) is 12.7. The van der Waals surface area contributed by atoms with Gasteiger partial charge in [-0.3, -0.25) is 0 Å². The lowest BCUT2D eigenvalue weighted by molar-refractivity contribution is 0.355. The van der Waals surface area contributed by atoms with Crippen molar-refractivity contribution in [2.75, 3.05) is 0 Å². The van der Waals surface area contributed by atoms with Gasteiger partial charge < -0.3 is 0 Å². The second kappa shape index (κ2) is 8.86. The monoisotopic (exact) mass is 502 g/mol. The van der Waals surface area contributed by atoms with Gasteiger partial charge in [0, 0.05) is 11.1 Å². The number of halogens is 4. The Morgan fingerprint density at radius 3 is 1.35 bits per heavy atom. The molecule has 0 unspecified atom stereocenters.